The number of aliphatic hydroxyl groups is 1. The zero-order chi connectivity index (χ0) is 61.7. The van der Waals surface area contributed by atoms with Gasteiger partial charge in [0.05, 0.1) is 35.6 Å². The Labute approximate surface area is 500 Å². The van der Waals surface area contributed by atoms with Crippen LogP contribution in [0.3, 0.4) is 0 Å². The van der Waals surface area contributed by atoms with Crippen molar-refractivity contribution >= 4 is 54.6 Å². The molecule has 460 valence electrons. The third-order valence-corrected chi connectivity index (χ3v) is 34.3. The molecule has 83 heavy (non-hydrogen) atoms. The highest BCUT2D eigenvalue weighted by atomic mass is 28.4. The van der Waals surface area contributed by atoms with E-state index >= 15 is 14.4 Å². The van der Waals surface area contributed by atoms with E-state index in [2.05, 4.69) is 80.8 Å². The van der Waals surface area contributed by atoms with Crippen molar-refractivity contribution in [3.8, 4) is 0 Å². The number of amides is 1. The number of hydrogen-bond donors (Lipinski definition) is 2. The molecule has 3 aliphatic carbocycles. The Kier molecular flexibility index (Phi) is 21.8. The molecule has 1 heterocycles. The predicted octanol–water partition coefficient (Wildman–Crippen LogP) is 13.4. The van der Waals surface area contributed by atoms with Gasteiger partial charge in [0.2, 0.25) is 5.91 Å². The van der Waals surface area contributed by atoms with Crippen LogP contribution in [0, 0.1) is 16.7 Å². The predicted molar refractivity (Wildman–Crippen MR) is 333 cm³/mol. The quantitative estimate of drug-likeness (QED) is 0.0284. The van der Waals surface area contributed by atoms with Gasteiger partial charge in [0, 0.05) is 31.6 Å². The molecular formula is C66H101NO13Si3. The van der Waals surface area contributed by atoms with Gasteiger partial charge in [0.15, 0.2) is 42.4 Å². The third-order valence-electron chi connectivity index (χ3n) is 20.6. The molecule has 0 spiro atoms. The first-order valence-electron chi connectivity index (χ1n) is 30.8. The summed E-state index contributed by atoms with van der Waals surface area (Å²) in [5.41, 5.74) is -4.37. The number of nitrogens with one attached hydrogen (secondary N) is 1. The van der Waals surface area contributed by atoms with Gasteiger partial charge in [0.25, 0.3) is 0 Å². The van der Waals surface area contributed by atoms with Crippen molar-refractivity contribution in [1.29, 1.82) is 0 Å². The molecule has 0 radical (unpaired) electrons. The average molecular weight is 1200 g/mol. The lowest BCUT2D eigenvalue weighted by molar-refractivity contribution is -0.344. The van der Waals surface area contributed by atoms with Gasteiger partial charge < -0.3 is 42.6 Å². The summed E-state index contributed by atoms with van der Waals surface area (Å²) in [6.45, 7) is 39.2. The number of Topliss-reactive ketones (excluding diaryl/α,β-unsaturated/α-hetero) is 1. The first-order valence-corrected chi connectivity index (χ1v) is 38.8. The second-order valence-electron chi connectivity index (χ2n) is 26.4. The minimum atomic E-state index is -2.90. The monoisotopic (exact) mass is 1200 g/mol. The van der Waals surface area contributed by atoms with Crippen molar-refractivity contribution in [3.63, 3.8) is 0 Å². The highest BCUT2D eigenvalue weighted by molar-refractivity contribution is 6.74. The van der Waals surface area contributed by atoms with E-state index in [0.717, 1.165) is 36.5 Å². The first kappa shape index (κ1) is 67.8. The summed E-state index contributed by atoms with van der Waals surface area (Å²) < 4.78 is 49.6. The molecule has 11 atom stereocenters. The lowest BCUT2D eigenvalue weighted by Crippen LogP contribution is -2.82. The summed E-state index contributed by atoms with van der Waals surface area (Å²) in [6.07, 6.45) is -1.04. The molecule has 0 unspecified atom stereocenters. The fraction of sp³-hybridized carbons (Fsp3) is 0.652. The van der Waals surface area contributed by atoms with E-state index in [0.29, 0.717) is 47.7 Å². The van der Waals surface area contributed by atoms with Crippen LogP contribution in [0.15, 0.2) is 91.1 Å². The molecule has 1 aliphatic heterocycles. The van der Waals surface area contributed by atoms with Gasteiger partial charge in [-0.3, -0.25) is 14.4 Å². The lowest BCUT2D eigenvalue weighted by Gasteiger charge is -2.68. The molecule has 3 fully saturated rings. The molecule has 2 aromatic carbocycles. The van der Waals surface area contributed by atoms with Crippen molar-refractivity contribution in [2.45, 2.75) is 250 Å². The van der Waals surface area contributed by atoms with Crippen LogP contribution in [-0.4, -0.2) is 114 Å². The van der Waals surface area contributed by atoms with Crippen LogP contribution in [-0.2, 0) is 57.8 Å². The van der Waals surface area contributed by atoms with Crippen molar-refractivity contribution < 1.29 is 61.3 Å². The normalized spacial score (nSPS) is 27.7. The number of ether oxygens (including phenoxy) is 4. The molecule has 2 bridgehead atoms. The smallest absolute Gasteiger partial charge is 0.338 e. The van der Waals surface area contributed by atoms with Crippen LogP contribution >= 0.6 is 0 Å². The fourth-order valence-corrected chi connectivity index (χ4v) is 20.6. The molecule has 17 heteroatoms. The van der Waals surface area contributed by atoms with E-state index in [1.165, 1.54) is 6.92 Å². The van der Waals surface area contributed by atoms with E-state index in [1.54, 1.807) is 18.2 Å². The highest BCUT2D eigenvalue weighted by Gasteiger charge is 2.79. The van der Waals surface area contributed by atoms with E-state index in [9.17, 15) is 14.7 Å². The summed E-state index contributed by atoms with van der Waals surface area (Å²) in [7, 11) is -8.36. The first-order chi connectivity index (χ1) is 38.9. The van der Waals surface area contributed by atoms with Gasteiger partial charge in [-0.1, -0.05) is 131 Å². The molecular weight excluding hydrogens is 1100 g/mol. The maximum atomic E-state index is 17.4. The maximum absolute atomic E-state index is 17.4. The number of fused-ring (bicyclic) bond motifs is 5. The second kappa shape index (κ2) is 26.7. The van der Waals surface area contributed by atoms with Crippen molar-refractivity contribution in [2.75, 3.05) is 6.61 Å². The van der Waals surface area contributed by atoms with Gasteiger partial charge in [-0.2, -0.15) is 0 Å². The van der Waals surface area contributed by atoms with Crippen LogP contribution in [0.1, 0.15) is 163 Å². The number of rotatable bonds is 27. The average Bonchev–Trinajstić information content (AvgIpc) is 1.02. The Bertz CT molecular complexity index is 2660. The topological polar surface area (TPSA) is 182 Å². The Hall–Kier alpha value is -4.34. The number of benzene rings is 2. The number of unbranched alkanes of at least 4 members (excludes halogenated alkanes) is 2. The Morgan fingerprint density at radius 3 is 1.95 bits per heavy atom. The summed E-state index contributed by atoms with van der Waals surface area (Å²) in [4.78, 5) is 76.6. The van der Waals surface area contributed by atoms with E-state index in [4.69, 9.17) is 32.2 Å². The molecule has 0 aromatic heterocycles. The largest absolute Gasteiger partial charge is 0.456 e. The Balaban J connectivity index is 1.70. The van der Waals surface area contributed by atoms with Crippen LogP contribution in [0.4, 0.5) is 0 Å². The molecule has 2 saturated carbocycles. The van der Waals surface area contributed by atoms with E-state index in [1.807, 2.05) is 89.3 Å². The highest BCUT2D eigenvalue weighted by Crippen LogP contribution is 2.66. The summed E-state index contributed by atoms with van der Waals surface area (Å²) in [6, 6.07) is 19.5. The zero-order valence-corrected chi connectivity index (χ0v) is 56.1. The van der Waals surface area contributed by atoms with Crippen molar-refractivity contribution in [2.24, 2.45) is 16.7 Å². The molecule has 2 aromatic rings. The van der Waals surface area contributed by atoms with Gasteiger partial charge >= 0.3 is 17.9 Å². The molecule has 1 amide bonds. The molecule has 6 rings (SSSR count). The Morgan fingerprint density at radius 2 is 1.43 bits per heavy atom. The van der Waals surface area contributed by atoms with E-state index in [-0.39, 0.29) is 43.1 Å². The maximum Gasteiger partial charge on any atom is 0.338 e. The third kappa shape index (κ3) is 13.2. The zero-order valence-electron chi connectivity index (χ0n) is 53.1. The standard InChI is InChI=1S/C66H101NO13Si3/c1-19-27-28-32-36-52(69)67-54(47-34-30-29-31-35-47)56(79-81(17,18)62(11,12)13)61(72)75-49-42-66(73)59(76-60(71)48-39-37-46(33-20-2)38-40-48)57-64(16,58(70)55(53(44(49)9)63(66,14)15)80-83(24-6,25-7)26-8)50(78-82(21-3,22-4)23-5)41-51-65(57,43-74-51)77-45(10)68/h19-20,29-31,34-35,37-40,49-51,54-57,59,73H,1-2,21-28,32-33,36,41-43H2,3-18H3,(H,67,69)/t49-,50-,51+,54-,55+,56+,57-,59-,64+,65-,66+/m0/s1. The minimum Gasteiger partial charge on any atom is -0.456 e. The van der Waals surface area contributed by atoms with Gasteiger partial charge in [-0.25, -0.2) is 9.59 Å². The van der Waals surface area contributed by atoms with Crippen LogP contribution in [0.2, 0.25) is 54.4 Å². The number of allylic oxidation sites excluding steroid dienone is 2. The number of carbonyl (C=O) groups is 5. The number of ketones is 1. The van der Waals surface area contributed by atoms with Crippen LogP contribution in [0.25, 0.3) is 0 Å². The Morgan fingerprint density at radius 1 is 0.843 bits per heavy atom. The number of carbonyl (C=O) groups excluding carboxylic acids is 5. The van der Waals surface area contributed by atoms with Gasteiger partial charge in [0.1, 0.15) is 30.0 Å². The number of hydrogen-bond acceptors (Lipinski definition) is 13. The van der Waals surface area contributed by atoms with Gasteiger partial charge in [-0.15, -0.1) is 13.2 Å². The van der Waals surface area contributed by atoms with E-state index < -0.39 is 119 Å². The van der Waals surface area contributed by atoms with Gasteiger partial charge in [-0.05, 0) is 128 Å². The summed E-state index contributed by atoms with van der Waals surface area (Å²) in [5.74, 6) is -4.15. The SMILES string of the molecule is C=CCCCCC(=O)N[C@@H](c1ccccc1)[C@@H](O[Si](C)(C)C(C)(C)C)C(=O)O[C@H]1C[C@@]2(O)[C@@H](OC(=O)c3ccc(CC=C)cc3)[C@@H]3[C@]4(OC(C)=O)CO[C@@H]4C[C@H](O[Si](CC)(CC)CC)[C@@]3(C)C(=O)[C@H](O[Si](CC)(CC)CC)C(=C1C)C2(C)C. The van der Waals surface area contributed by atoms with Crippen LogP contribution in [0.5, 0.6) is 0 Å². The number of esters is 3. The molecule has 14 nitrogen and oxygen atoms in total. The minimum absolute atomic E-state index is 0.160. The summed E-state index contributed by atoms with van der Waals surface area (Å²) in [5, 5.41) is 17.6. The molecule has 4 aliphatic rings. The lowest BCUT2D eigenvalue weighted by atomic mass is 9.44. The molecule has 1 saturated heterocycles. The fourth-order valence-electron chi connectivity index (χ4n) is 13.7. The van der Waals surface area contributed by atoms with Crippen LogP contribution < -0.4 is 5.32 Å². The van der Waals surface area contributed by atoms with Crippen molar-refractivity contribution in [3.05, 3.63) is 108 Å². The van der Waals surface area contributed by atoms with Crippen molar-refractivity contribution in [1.82, 2.24) is 5.32 Å². The second-order valence-corrected chi connectivity index (χ2v) is 40.6. The molecule has 2 N–H and O–H groups in total. The summed E-state index contributed by atoms with van der Waals surface area (Å²) >= 11 is 0.